The van der Waals surface area contributed by atoms with E-state index in [-0.39, 0.29) is 6.09 Å². The first kappa shape index (κ1) is 12.0. The highest BCUT2D eigenvalue weighted by Crippen LogP contribution is 2.20. The first-order valence-corrected chi connectivity index (χ1v) is 5.18. The molecule has 0 radical (unpaired) electrons. The fourth-order valence-corrected chi connectivity index (χ4v) is 1.36. The molecule has 0 saturated heterocycles. The molecule has 86 valence electrons. The average Bonchev–Trinajstić information content (AvgIpc) is 2.47. The molecule has 1 aliphatic rings. The Balaban J connectivity index is 2.57. The molecule has 1 aliphatic heterocycles. The second-order valence-corrected chi connectivity index (χ2v) is 4.80. The lowest BCUT2D eigenvalue weighted by Crippen LogP contribution is -2.32. The zero-order valence-corrected chi connectivity index (χ0v) is 9.78. The second kappa shape index (κ2) is 4.23. The van der Waals surface area contributed by atoms with Gasteiger partial charge in [-0.1, -0.05) is 0 Å². The van der Waals surface area contributed by atoms with Crippen molar-refractivity contribution in [3.8, 4) is 0 Å². The van der Waals surface area contributed by atoms with E-state index in [1.807, 2.05) is 20.8 Å². The minimum Gasteiger partial charge on any atom is -0.443 e. The van der Waals surface area contributed by atoms with Gasteiger partial charge in [0.25, 0.3) is 0 Å². The lowest BCUT2D eigenvalue weighted by molar-refractivity contribution is 0.0349. The van der Waals surface area contributed by atoms with Crippen LogP contribution in [0.25, 0.3) is 0 Å². The van der Waals surface area contributed by atoms with Crippen LogP contribution < -0.4 is 0 Å². The lowest BCUT2D eigenvalue weighted by atomic mass is 10.1. The van der Waals surface area contributed by atoms with Crippen molar-refractivity contribution in [1.29, 1.82) is 0 Å². The first-order chi connectivity index (χ1) is 6.79. The standard InChI is InChI=1S/C11H19NO3/c1-8(13)9-5-6-12(7-9)10(14)15-11(2,3)4/h7-8,13H,5-6H2,1-4H3. The summed E-state index contributed by atoms with van der Waals surface area (Å²) in [6.45, 7) is 7.79. The quantitative estimate of drug-likeness (QED) is 0.723. The van der Waals surface area contributed by atoms with E-state index in [0.29, 0.717) is 6.54 Å². The van der Waals surface area contributed by atoms with Crippen molar-refractivity contribution in [2.45, 2.75) is 45.8 Å². The number of aliphatic hydroxyl groups excluding tert-OH is 1. The van der Waals surface area contributed by atoms with E-state index >= 15 is 0 Å². The van der Waals surface area contributed by atoms with Crippen LogP contribution in [0.3, 0.4) is 0 Å². The van der Waals surface area contributed by atoms with Crippen LogP contribution in [0.15, 0.2) is 11.8 Å². The summed E-state index contributed by atoms with van der Waals surface area (Å²) in [4.78, 5) is 13.1. The summed E-state index contributed by atoms with van der Waals surface area (Å²) < 4.78 is 5.21. The molecule has 1 atom stereocenters. The maximum Gasteiger partial charge on any atom is 0.414 e. The molecule has 0 bridgehead atoms. The number of amides is 1. The molecule has 1 amide bonds. The van der Waals surface area contributed by atoms with Gasteiger partial charge < -0.3 is 9.84 Å². The maximum atomic E-state index is 11.6. The molecule has 1 unspecified atom stereocenters. The molecule has 0 aromatic rings. The Hall–Kier alpha value is -1.03. The first-order valence-electron chi connectivity index (χ1n) is 5.18. The van der Waals surface area contributed by atoms with E-state index in [0.717, 1.165) is 12.0 Å². The molecule has 0 saturated carbocycles. The third-order valence-corrected chi connectivity index (χ3v) is 2.13. The van der Waals surface area contributed by atoms with Crippen LogP contribution in [-0.2, 0) is 4.74 Å². The van der Waals surface area contributed by atoms with E-state index in [4.69, 9.17) is 4.74 Å². The van der Waals surface area contributed by atoms with Gasteiger partial charge in [0.15, 0.2) is 0 Å². The van der Waals surface area contributed by atoms with Crippen molar-refractivity contribution in [3.63, 3.8) is 0 Å². The zero-order chi connectivity index (χ0) is 11.6. The van der Waals surface area contributed by atoms with Crippen LogP contribution in [0, 0.1) is 0 Å². The molecule has 1 N–H and O–H groups in total. The predicted octanol–water partition coefficient (Wildman–Crippen LogP) is 1.89. The Kier molecular flexibility index (Phi) is 3.39. The molecule has 15 heavy (non-hydrogen) atoms. The molecule has 0 aliphatic carbocycles. The Morgan fingerprint density at radius 2 is 2.20 bits per heavy atom. The van der Waals surface area contributed by atoms with E-state index in [9.17, 15) is 9.90 Å². The highest BCUT2D eigenvalue weighted by molar-refractivity contribution is 5.70. The third-order valence-electron chi connectivity index (χ3n) is 2.13. The molecule has 1 heterocycles. The monoisotopic (exact) mass is 213 g/mol. The van der Waals surface area contributed by atoms with Gasteiger partial charge in [-0.25, -0.2) is 4.79 Å². The summed E-state index contributed by atoms with van der Waals surface area (Å²) >= 11 is 0. The molecule has 4 nitrogen and oxygen atoms in total. The van der Waals surface area contributed by atoms with Gasteiger partial charge >= 0.3 is 6.09 Å². The highest BCUT2D eigenvalue weighted by Gasteiger charge is 2.25. The number of ether oxygens (including phenoxy) is 1. The normalized spacial score (nSPS) is 18.7. The minimum atomic E-state index is -0.488. The predicted molar refractivity (Wildman–Crippen MR) is 57.3 cm³/mol. The van der Waals surface area contributed by atoms with Gasteiger partial charge in [0.2, 0.25) is 0 Å². The molecule has 0 aromatic heterocycles. The molecule has 4 heteroatoms. The van der Waals surface area contributed by atoms with Crippen molar-refractivity contribution in [2.24, 2.45) is 0 Å². The third kappa shape index (κ3) is 3.55. The van der Waals surface area contributed by atoms with Crippen LogP contribution >= 0.6 is 0 Å². The van der Waals surface area contributed by atoms with Gasteiger partial charge in [0.1, 0.15) is 5.60 Å². The summed E-state index contributed by atoms with van der Waals surface area (Å²) in [7, 11) is 0. The Morgan fingerprint density at radius 1 is 1.60 bits per heavy atom. The van der Waals surface area contributed by atoms with Crippen LogP contribution in [0.2, 0.25) is 0 Å². The number of nitrogens with zero attached hydrogens (tertiary/aromatic N) is 1. The molecule has 0 fully saturated rings. The molecule has 0 spiro atoms. The van der Waals surface area contributed by atoms with Crippen LogP contribution in [0.5, 0.6) is 0 Å². The summed E-state index contributed by atoms with van der Waals surface area (Å²) in [6.07, 6.45) is 1.56. The molecule has 0 aromatic carbocycles. The van der Waals surface area contributed by atoms with Gasteiger partial charge in [-0.05, 0) is 39.7 Å². The molecular weight excluding hydrogens is 194 g/mol. The summed E-state index contributed by atoms with van der Waals surface area (Å²) in [5.41, 5.74) is 0.402. The van der Waals surface area contributed by atoms with Crippen molar-refractivity contribution < 1.29 is 14.6 Å². The minimum absolute atomic E-state index is 0.349. The summed E-state index contributed by atoms with van der Waals surface area (Å²) in [6, 6.07) is 0. The number of hydrogen-bond acceptors (Lipinski definition) is 3. The van der Waals surface area contributed by atoms with Crippen LogP contribution in [0.1, 0.15) is 34.1 Å². The number of hydrogen-bond donors (Lipinski definition) is 1. The zero-order valence-electron chi connectivity index (χ0n) is 9.78. The average molecular weight is 213 g/mol. The SMILES string of the molecule is CC(O)C1=CN(C(=O)OC(C)(C)C)CC1. The Labute approximate surface area is 90.5 Å². The summed E-state index contributed by atoms with van der Waals surface area (Å²) in [5.74, 6) is 0. The summed E-state index contributed by atoms with van der Waals surface area (Å²) in [5, 5.41) is 9.34. The van der Waals surface area contributed by atoms with Gasteiger partial charge in [-0.3, -0.25) is 4.90 Å². The number of carbonyl (C=O) groups is 1. The Morgan fingerprint density at radius 3 is 2.60 bits per heavy atom. The van der Waals surface area contributed by atoms with Crippen LogP contribution in [0.4, 0.5) is 4.79 Å². The van der Waals surface area contributed by atoms with Gasteiger partial charge in [0.05, 0.1) is 6.10 Å². The molecule has 1 rings (SSSR count). The molecular formula is C11H19NO3. The van der Waals surface area contributed by atoms with Gasteiger partial charge in [-0.2, -0.15) is 0 Å². The fourth-order valence-electron chi connectivity index (χ4n) is 1.36. The van der Waals surface area contributed by atoms with E-state index < -0.39 is 11.7 Å². The topological polar surface area (TPSA) is 49.8 Å². The largest absolute Gasteiger partial charge is 0.443 e. The second-order valence-electron chi connectivity index (χ2n) is 4.80. The number of aliphatic hydroxyl groups is 1. The lowest BCUT2D eigenvalue weighted by Gasteiger charge is -2.23. The van der Waals surface area contributed by atoms with Gasteiger partial charge in [-0.15, -0.1) is 0 Å². The van der Waals surface area contributed by atoms with Crippen LogP contribution in [-0.4, -0.2) is 34.3 Å². The fraction of sp³-hybridized carbons (Fsp3) is 0.727. The number of rotatable bonds is 1. The van der Waals surface area contributed by atoms with E-state index in [1.165, 1.54) is 4.90 Å². The van der Waals surface area contributed by atoms with Crippen molar-refractivity contribution in [2.75, 3.05) is 6.54 Å². The Bertz CT molecular complexity index is 276. The smallest absolute Gasteiger partial charge is 0.414 e. The van der Waals surface area contributed by atoms with Gasteiger partial charge in [0, 0.05) is 12.7 Å². The number of carbonyl (C=O) groups excluding carboxylic acids is 1. The van der Waals surface area contributed by atoms with E-state index in [1.54, 1.807) is 13.1 Å². The van der Waals surface area contributed by atoms with Crippen molar-refractivity contribution >= 4 is 6.09 Å². The highest BCUT2D eigenvalue weighted by atomic mass is 16.6. The van der Waals surface area contributed by atoms with Crippen molar-refractivity contribution in [1.82, 2.24) is 4.90 Å². The van der Waals surface area contributed by atoms with Crippen molar-refractivity contribution in [3.05, 3.63) is 11.8 Å². The van der Waals surface area contributed by atoms with E-state index in [2.05, 4.69) is 0 Å². The maximum absolute atomic E-state index is 11.6.